The minimum Gasteiger partial charge on any atom is -0.398 e. The molecule has 1 aliphatic heterocycles. The minimum atomic E-state index is 0.211. The molecule has 1 aromatic heterocycles. The molecule has 0 radical (unpaired) electrons. The molecule has 3 N–H and O–H groups in total. The van der Waals surface area contributed by atoms with Crippen LogP contribution in [0.15, 0.2) is 18.5 Å². The van der Waals surface area contributed by atoms with Crippen molar-refractivity contribution >= 4 is 5.69 Å². The molecule has 5 nitrogen and oxygen atoms in total. The van der Waals surface area contributed by atoms with E-state index in [0.717, 1.165) is 50.5 Å². The largest absolute Gasteiger partial charge is 0.398 e. The monoisotopic (exact) mass is 278 g/mol. The smallest absolute Gasteiger partial charge is 0.0858 e. The van der Waals surface area contributed by atoms with Crippen LogP contribution in [0.3, 0.4) is 0 Å². The van der Waals surface area contributed by atoms with Gasteiger partial charge in [-0.2, -0.15) is 0 Å². The van der Waals surface area contributed by atoms with Crippen molar-refractivity contribution in [3.63, 3.8) is 0 Å². The number of rotatable bonds is 6. The number of nitrogens with two attached hydrogens (primary N) is 1. The van der Waals surface area contributed by atoms with E-state index < -0.39 is 0 Å². The topological polar surface area (TPSA) is 63.4 Å². The molecule has 2 heterocycles. The Morgan fingerprint density at radius 1 is 1.55 bits per heavy atom. The highest BCUT2D eigenvalue weighted by Gasteiger charge is 2.27. The number of morpholine rings is 1. The van der Waals surface area contributed by atoms with Gasteiger partial charge in [0.1, 0.15) is 0 Å². The molecule has 0 saturated carbocycles. The number of anilines is 1. The van der Waals surface area contributed by atoms with Crippen LogP contribution in [0.4, 0.5) is 5.69 Å². The number of nitrogen functional groups attached to an aromatic ring is 1. The molecule has 0 aromatic carbocycles. The Bertz CT molecular complexity index is 413. The van der Waals surface area contributed by atoms with Gasteiger partial charge in [0.15, 0.2) is 0 Å². The predicted octanol–water partition coefficient (Wildman–Crippen LogP) is 0.905. The first kappa shape index (κ1) is 15.2. The number of hydrogen-bond acceptors (Lipinski definition) is 5. The Balaban J connectivity index is 2.04. The van der Waals surface area contributed by atoms with Gasteiger partial charge in [-0.05, 0) is 31.1 Å². The first-order chi connectivity index (χ1) is 9.74. The van der Waals surface area contributed by atoms with Crippen LogP contribution < -0.4 is 11.1 Å². The number of ether oxygens (including phenoxy) is 1. The van der Waals surface area contributed by atoms with Gasteiger partial charge in [0.2, 0.25) is 0 Å². The van der Waals surface area contributed by atoms with Crippen LogP contribution in [-0.4, -0.2) is 54.8 Å². The molecule has 1 aliphatic rings. The third-order valence-electron chi connectivity index (χ3n) is 3.92. The maximum atomic E-state index is 6.03. The fraction of sp³-hybridized carbons (Fsp3) is 0.667. The molecule has 5 heteroatoms. The Morgan fingerprint density at radius 3 is 3.10 bits per heavy atom. The summed E-state index contributed by atoms with van der Waals surface area (Å²) in [7, 11) is 0. The van der Waals surface area contributed by atoms with Crippen molar-refractivity contribution in [2.45, 2.75) is 32.4 Å². The first-order valence-electron chi connectivity index (χ1n) is 7.50. The minimum absolute atomic E-state index is 0.211. The summed E-state index contributed by atoms with van der Waals surface area (Å²) in [5.41, 5.74) is 7.93. The molecule has 0 spiro atoms. The van der Waals surface area contributed by atoms with Gasteiger partial charge in [-0.1, -0.05) is 13.8 Å². The summed E-state index contributed by atoms with van der Waals surface area (Å²) in [6.07, 6.45) is 4.66. The van der Waals surface area contributed by atoms with Gasteiger partial charge >= 0.3 is 0 Å². The molecule has 20 heavy (non-hydrogen) atoms. The van der Waals surface area contributed by atoms with Crippen molar-refractivity contribution in [1.29, 1.82) is 0 Å². The second kappa shape index (κ2) is 7.57. The van der Waals surface area contributed by atoms with Gasteiger partial charge in [-0.3, -0.25) is 9.88 Å². The van der Waals surface area contributed by atoms with E-state index >= 15 is 0 Å². The number of aromatic nitrogens is 1. The van der Waals surface area contributed by atoms with E-state index in [2.05, 4.69) is 29.0 Å². The van der Waals surface area contributed by atoms with Gasteiger partial charge in [0.05, 0.1) is 12.7 Å². The predicted molar refractivity (Wildman–Crippen MR) is 81.7 cm³/mol. The van der Waals surface area contributed by atoms with E-state index in [4.69, 9.17) is 10.5 Å². The van der Waals surface area contributed by atoms with Crippen molar-refractivity contribution in [2.24, 2.45) is 0 Å². The van der Waals surface area contributed by atoms with Crippen LogP contribution in [0.2, 0.25) is 0 Å². The highest BCUT2D eigenvalue weighted by Crippen LogP contribution is 2.16. The third-order valence-corrected chi connectivity index (χ3v) is 3.92. The van der Waals surface area contributed by atoms with Gasteiger partial charge < -0.3 is 15.8 Å². The number of nitrogens with one attached hydrogen (secondary N) is 1. The molecule has 112 valence electrons. The van der Waals surface area contributed by atoms with Crippen LogP contribution in [0.25, 0.3) is 0 Å². The molecular formula is C15H26N4O. The molecule has 0 amide bonds. The van der Waals surface area contributed by atoms with Crippen LogP contribution >= 0.6 is 0 Å². The Morgan fingerprint density at radius 2 is 2.40 bits per heavy atom. The van der Waals surface area contributed by atoms with Gasteiger partial charge in [-0.25, -0.2) is 0 Å². The second-order valence-corrected chi connectivity index (χ2v) is 5.25. The van der Waals surface area contributed by atoms with E-state index in [1.54, 1.807) is 6.20 Å². The zero-order valence-corrected chi connectivity index (χ0v) is 12.5. The zero-order valence-electron chi connectivity index (χ0n) is 12.5. The normalized spacial score (nSPS) is 21.8. The van der Waals surface area contributed by atoms with E-state index in [1.165, 1.54) is 0 Å². The van der Waals surface area contributed by atoms with Gasteiger partial charge in [-0.15, -0.1) is 0 Å². The van der Waals surface area contributed by atoms with Crippen molar-refractivity contribution in [3.05, 3.63) is 24.0 Å². The summed E-state index contributed by atoms with van der Waals surface area (Å²) in [5, 5.41) is 3.54. The average Bonchev–Trinajstić information content (AvgIpc) is 2.49. The lowest BCUT2D eigenvalue weighted by molar-refractivity contribution is -0.0444. The second-order valence-electron chi connectivity index (χ2n) is 5.25. The van der Waals surface area contributed by atoms with Crippen LogP contribution in [0.1, 0.15) is 19.4 Å². The van der Waals surface area contributed by atoms with Crippen molar-refractivity contribution in [1.82, 2.24) is 15.2 Å². The first-order valence-corrected chi connectivity index (χ1v) is 7.50. The summed E-state index contributed by atoms with van der Waals surface area (Å²) in [4.78, 5) is 6.61. The average molecular weight is 278 g/mol. The van der Waals surface area contributed by atoms with Gasteiger partial charge in [0.25, 0.3) is 0 Å². The zero-order chi connectivity index (χ0) is 14.4. The fourth-order valence-corrected chi connectivity index (χ4v) is 2.70. The summed E-state index contributed by atoms with van der Waals surface area (Å²) in [5.74, 6) is 0. The fourth-order valence-electron chi connectivity index (χ4n) is 2.70. The molecule has 0 bridgehead atoms. The Kier molecular flexibility index (Phi) is 5.76. The third kappa shape index (κ3) is 3.91. The summed E-state index contributed by atoms with van der Waals surface area (Å²) in [6.45, 7) is 9.15. The van der Waals surface area contributed by atoms with Crippen molar-refractivity contribution in [2.75, 3.05) is 38.5 Å². The molecule has 2 atom stereocenters. The molecule has 2 rings (SSSR count). The molecule has 1 saturated heterocycles. The Hall–Kier alpha value is -1.17. The highest BCUT2D eigenvalue weighted by molar-refractivity contribution is 5.44. The number of nitrogens with zero attached hydrogens (tertiary/aromatic N) is 2. The van der Waals surface area contributed by atoms with Gasteiger partial charge in [0, 0.05) is 37.2 Å². The Labute approximate surface area is 121 Å². The lowest BCUT2D eigenvalue weighted by Gasteiger charge is -2.37. The molecule has 1 fully saturated rings. The van der Waals surface area contributed by atoms with E-state index in [0.29, 0.717) is 0 Å². The van der Waals surface area contributed by atoms with Crippen LogP contribution in [0.5, 0.6) is 0 Å². The standard InChI is InChI=1S/C15H26N4O/c1-3-18-14(9-12-10-17-6-5-13(12)16)15-11-19(4-2)7-8-20-15/h5-6,10,14-15,18H,3-4,7-9,11H2,1-2H3,(H2,16,17). The molecule has 2 unspecified atom stereocenters. The number of likely N-dealkylation sites (N-methyl/N-ethyl adjacent to an activating group) is 2. The van der Waals surface area contributed by atoms with E-state index in [1.807, 2.05) is 12.3 Å². The number of pyridine rings is 1. The van der Waals surface area contributed by atoms with E-state index in [9.17, 15) is 0 Å². The highest BCUT2D eigenvalue weighted by atomic mass is 16.5. The maximum Gasteiger partial charge on any atom is 0.0858 e. The molecule has 1 aromatic rings. The maximum absolute atomic E-state index is 6.03. The van der Waals surface area contributed by atoms with E-state index in [-0.39, 0.29) is 12.1 Å². The van der Waals surface area contributed by atoms with Crippen LogP contribution in [0, 0.1) is 0 Å². The quantitative estimate of drug-likeness (QED) is 0.809. The van der Waals surface area contributed by atoms with Crippen LogP contribution in [-0.2, 0) is 11.2 Å². The number of hydrogen-bond donors (Lipinski definition) is 2. The molecular weight excluding hydrogens is 252 g/mol. The molecule has 0 aliphatic carbocycles. The summed E-state index contributed by atoms with van der Waals surface area (Å²) >= 11 is 0. The lowest BCUT2D eigenvalue weighted by Crippen LogP contribution is -2.53. The van der Waals surface area contributed by atoms with Crippen molar-refractivity contribution < 1.29 is 4.74 Å². The lowest BCUT2D eigenvalue weighted by atomic mass is 10.00. The van der Waals surface area contributed by atoms with Crippen molar-refractivity contribution in [3.8, 4) is 0 Å². The summed E-state index contributed by atoms with van der Waals surface area (Å²) < 4.78 is 5.97. The SMILES string of the molecule is CCNC(Cc1cnccc1N)C1CN(CC)CCO1. The summed E-state index contributed by atoms with van der Waals surface area (Å²) in [6, 6.07) is 2.14.